The lowest BCUT2D eigenvalue weighted by Gasteiger charge is -2.29. The lowest BCUT2D eigenvalue weighted by molar-refractivity contribution is -0.143. The van der Waals surface area contributed by atoms with E-state index in [1.807, 2.05) is 58.8 Å². The number of amides is 2. The van der Waals surface area contributed by atoms with Gasteiger partial charge in [0.05, 0.1) is 33.4 Å². The molecule has 40 heavy (non-hydrogen) atoms. The Balaban J connectivity index is 1.29. The molecule has 3 aromatic rings. The van der Waals surface area contributed by atoms with E-state index in [1.165, 1.54) is 5.56 Å². The summed E-state index contributed by atoms with van der Waals surface area (Å²) in [6.07, 6.45) is 3.39. The van der Waals surface area contributed by atoms with Crippen molar-refractivity contribution in [3.63, 3.8) is 0 Å². The van der Waals surface area contributed by atoms with Gasteiger partial charge >= 0.3 is 0 Å². The molecule has 0 spiro atoms. The van der Waals surface area contributed by atoms with E-state index in [1.54, 1.807) is 30.5 Å². The summed E-state index contributed by atoms with van der Waals surface area (Å²) in [6, 6.07) is 20.1. The van der Waals surface area contributed by atoms with Crippen LogP contribution < -0.4 is 9.47 Å². The predicted molar refractivity (Wildman–Crippen MR) is 156 cm³/mol. The van der Waals surface area contributed by atoms with Gasteiger partial charge in [0.25, 0.3) is 0 Å². The number of thiophene rings is 1. The van der Waals surface area contributed by atoms with Gasteiger partial charge in [-0.2, -0.15) is 0 Å². The fourth-order valence-corrected chi connectivity index (χ4v) is 6.20. The van der Waals surface area contributed by atoms with Crippen LogP contribution in [0.4, 0.5) is 0 Å². The molecule has 0 radical (unpaired) electrons. The first-order valence-electron chi connectivity index (χ1n) is 14.0. The highest BCUT2D eigenvalue weighted by Crippen LogP contribution is 2.48. The zero-order valence-electron chi connectivity index (χ0n) is 23.3. The van der Waals surface area contributed by atoms with Crippen molar-refractivity contribution in [1.29, 1.82) is 0 Å². The molecule has 1 saturated heterocycles. The van der Waals surface area contributed by atoms with Gasteiger partial charge in [0.1, 0.15) is 0 Å². The lowest BCUT2D eigenvalue weighted by atomic mass is 10.1. The summed E-state index contributed by atoms with van der Waals surface area (Å²) in [4.78, 5) is 32.3. The van der Waals surface area contributed by atoms with Crippen molar-refractivity contribution in [3.8, 4) is 11.5 Å². The van der Waals surface area contributed by atoms with Gasteiger partial charge in [-0.25, -0.2) is 0 Å². The van der Waals surface area contributed by atoms with Gasteiger partial charge in [-0.3, -0.25) is 9.59 Å². The van der Waals surface area contributed by atoms with Crippen LogP contribution in [0.5, 0.6) is 11.5 Å². The summed E-state index contributed by atoms with van der Waals surface area (Å²) in [7, 11) is 3.24. The van der Waals surface area contributed by atoms with Gasteiger partial charge < -0.3 is 24.0 Å². The molecule has 0 N–H and O–H groups in total. The number of carbonyl (C=O) groups is 2. The molecule has 8 heteroatoms. The maximum Gasteiger partial charge on any atom is 0.242 e. The topological polar surface area (TPSA) is 68.3 Å². The molecule has 212 valence electrons. The first-order chi connectivity index (χ1) is 19.6. The molecule has 2 fully saturated rings. The molecule has 1 aromatic heterocycles. The van der Waals surface area contributed by atoms with Crippen molar-refractivity contribution in [2.24, 2.45) is 5.92 Å². The van der Waals surface area contributed by atoms with Crippen LogP contribution in [0.1, 0.15) is 41.2 Å². The summed E-state index contributed by atoms with van der Waals surface area (Å²) < 4.78 is 16.7. The van der Waals surface area contributed by atoms with E-state index in [0.29, 0.717) is 44.2 Å². The molecule has 2 aliphatic rings. The molecule has 5 rings (SSSR count). The van der Waals surface area contributed by atoms with Crippen LogP contribution in [0.2, 0.25) is 0 Å². The Morgan fingerprint density at radius 2 is 1.82 bits per heavy atom. The second-order valence-corrected chi connectivity index (χ2v) is 11.6. The van der Waals surface area contributed by atoms with Gasteiger partial charge in [-0.15, -0.1) is 11.3 Å². The third kappa shape index (κ3) is 7.04. The molecular weight excluding hydrogens is 524 g/mol. The Labute approximate surface area is 240 Å². The van der Waals surface area contributed by atoms with Crippen molar-refractivity contribution in [2.45, 2.75) is 44.2 Å². The van der Waals surface area contributed by atoms with Crippen LogP contribution in [0, 0.1) is 5.92 Å². The molecule has 0 bridgehead atoms. The molecule has 1 saturated carbocycles. The van der Waals surface area contributed by atoms with Crippen LogP contribution >= 0.6 is 11.3 Å². The quantitative estimate of drug-likeness (QED) is 0.288. The van der Waals surface area contributed by atoms with Gasteiger partial charge in [-0.05, 0) is 66.3 Å². The SMILES string of the molecule is COc1ccc(CCN(Cc2cccs2)C(=O)CN(CC2CCCO2)C(=O)C2C[C@H]2c2ccccc2)cc1OC. The average Bonchev–Trinajstić information content (AvgIpc) is 3.31. The van der Waals surface area contributed by atoms with E-state index in [2.05, 4.69) is 12.1 Å². The van der Waals surface area contributed by atoms with E-state index in [0.717, 1.165) is 29.7 Å². The minimum Gasteiger partial charge on any atom is -0.493 e. The monoisotopic (exact) mass is 562 g/mol. The highest BCUT2D eigenvalue weighted by Gasteiger charge is 2.46. The molecule has 3 atom stereocenters. The van der Waals surface area contributed by atoms with Gasteiger partial charge in [0, 0.05) is 30.5 Å². The molecule has 2 amide bonds. The number of carbonyl (C=O) groups excluding carboxylic acids is 2. The Kier molecular flexibility index (Phi) is 9.39. The van der Waals surface area contributed by atoms with Gasteiger partial charge in [0.15, 0.2) is 11.5 Å². The Bertz CT molecular complexity index is 1260. The lowest BCUT2D eigenvalue weighted by Crippen LogP contribution is -2.46. The molecule has 2 aromatic carbocycles. The second kappa shape index (κ2) is 13.3. The highest BCUT2D eigenvalue weighted by molar-refractivity contribution is 7.09. The number of ether oxygens (including phenoxy) is 3. The summed E-state index contributed by atoms with van der Waals surface area (Å²) in [5.74, 6) is 1.51. The summed E-state index contributed by atoms with van der Waals surface area (Å²) in [5, 5.41) is 2.02. The minimum atomic E-state index is -0.0749. The second-order valence-electron chi connectivity index (χ2n) is 10.5. The normalized spacial score (nSPS) is 19.7. The van der Waals surface area contributed by atoms with Crippen molar-refractivity contribution in [2.75, 3.05) is 40.5 Å². The molecule has 2 heterocycles. The molecule has 1 aliphatic carbocycles. The number of methoxy groups -OCH3 is 2. The highest BCUT2D eigenvalue weighted by atomic mass is 32.1. The summed E-state index contributed by atoms with van der Waals surface area (Å²) >= 11 is 1.63. The number of nitrogens with zero attached hydrogens (tertiary/aromatic N) is 2. The van der Waals surface area contributed by atoms with Crippen molar-refractivity contribution >= 4 is 23.2 Å². The van der Waals surface area contributed by atoms with Crippen LogP contribution in [-0.4, -0.2) is 68.2 Å². The van der Waals surface area contributed by atoms with E-state index >= 15 is 0 Å². The Hall–Kier alpha value is -3.36. The third-order valence-corrected chi connectivity index (χ3v) is 8.68. The van der Waals surface area contributed by atoms with E-state index in [9.17, 15) is 9.59 Å². The largest absolute Gasteiger partial charge is 0.493 e. The summed E-state index contributed by atoms with van der Waals surface area (Å²) in [6.45, 7) is 2.29. The maximum atomic E-state index is 13.8. The maximum absolute atomic E-state index is 13.8. The van der Waals surface area contributed by atoms with Crippen LogP contribution in [0.15, 0.2) is 66.0 Å². The van der Waals surface area contributed by atoms with E-state index < -0.39 is 0 Å². The average molecular weight is 563 g/mol. The minimum absolute atomic E-state index is 0.0109. The van der Waals surface area contributed by atoms with Crippen LogP contribution in [0.25, 0.3) is 0 Å². The molecule has 1 aliphatic heterocycles. The van der Waals surface area contributed by atoms with Crippen molar-refractivity contribution < 1.29 is 23.8 Å². The molecule has 2 unspecified atom stereocenters. The number of hydrogen-bond donors (Lipinski definition) is 0. The standard InChI is InChI=1S/C32H38N2O5S/c1-37-29-13-12-23(18-30(29)38-2)14-15-33(21-26-11-7-17-40-26)31(35)22-34(20-25-10-6-16-39-25)32(36)28-19-27(28)24-8-4-3-5-9-24/h3-5,7-9,11-13,17-18,25,27-28H,6,10,14-16,19-22H2,1-2H3/t25?,27-,28?/m0/s1. The number of benzene rings is 2. The first kappa shape index (κ1) is 28.2. The zero-order valence-corrected chi connectivity index (χ0v) is 24.1. The van der Waals surface area contributed by atoms with Crippen molar-refractivity contribution in [1.82, 2.24) is 9.80 Å². The Morgan fingerprint density at radius 3 is 2.52 bits per heavy atom. The third-order valence-electron chi connectivity index (χ3n) is 7.82. The summed E-state index contributed by atoms with van der Waals surface area (Å²) in [5.41, 5.74) is 2.25. The number of hydrogen-bond acceptors (Lipinski definition) is 6. The number of rotatable bonds is 13. The fourth-order valence-electron chi connectivity index (χ4n) is 5.48. The molecule has 7 nitrogen and oxygen atoms in total. The smallest absolute Gasteiger partial charge is 0.242 e. The van der Waals surface area contributed by atoms with Crippen LogP contribution in [-0.2, 0) is 27.3 Å². The van der Waals surface area contributed by atoms with Crippen molar-refractivity contribution in [3.05, 3.63) is 82.0 Å². The zero-order chi connectivity index (χ0) is 27.9. The Morgan fingerprint density at radius 1 is 1.00 bits per heavy atom. The van der Waals surface area contributed by atoms with Gasteiger partial charge in [-0.1, -0.05) is 42.5 Å². The molecular formula is C32H38N2O5S. The van der Waals surface area contributed by atoms with Gasteiger partial charge in [0.2, 0.25) is 11.8 Å². The van der Waals surface area contributed by atoms with E-state index in [-0.39, 0.29) is 36.3 Å². The van der Waals surface area contributed by atoms with E-state index in [4.69, 9.17) is 14.2 Å². The predicted octanol–water partition coefficient (Wildman–Crippen LogP) is 5.15. The first-order valence-corrected chi connectivity index (χ1v) is 14.9. The fraction of sp³-hybridized carbons (Fsp3) is 0.438. The van der Waals surface area contributed by atoms with Crippen LogP contribution in [0.3, 0.4) is 0 Å².